The van der Waals surface area contributed by atoms with Crippen molar-refractivity contribution in [2.45, 2.75) is 40.5 Å². The molecule has 0 rings (SSSR count). The van der Waals surface area contributed by atoms with Crippen LogP contribution in [-0.4, -0.2) is 0 Å². The van der Waals surface area contributed by atoms with E-state index in [1.807, 2.05) is 19.9 Å². The normalized spacial score (nSPS) is 9.80. The summed E-state index contributed by atoms with van der Waals surface area (Å²) < 4.78 is 0. The van der Waals surface area contributed by atoms with Crippen LogP contribution in [-0.2, 0) is 0 Å². The maximum Gasteiger partial charge on any atom is -0.0311 e. The summed E-state index contributed by atoms with van der Waals surface area (Å²) in [6.07, 6.45) is 6.35. The van der Waals surface area contributed by atoms with Crippen molar-refractivity contribution in [3.8, 4) is 0 Å². The molecule has 0 aromatic carbocycles. The lowest BCUT2D eigenvalue weighted by Gasteiger charge is -1.91. The van der Waals surface area contributed by atoms with Crippen molar-refractivity contribution in [3.63, 3.8) is 0 Å². The van der Waals surface area contributed by atoms with E-state index in [0.29, 0.717) is 0 Å². The molecule has 10 heavy (non-hydrogen) atoms. The Morgan fingerprint density at radius 1 is 1.30 bits per heavy atom. The van der Waals surface area contributed by atoms with Crippen LogP contribution in [0.5, 0.6) is 0 Å². The quantitative estimate of drug-likeness (QED) is 0.521. The maximum absolute atomic E-state index is 3.68. The van der Waals surface area contributed by atoms with Gasteiger partial charge in [0, 0.05) is 0 Å². The summed E-state index contributed by atoms with van der Waals surface area (Å²) in [5.74, 6) is 0. The van der Waals surface area contributed by atoms with Gasteiger partial charge in [0.1, 0.15) is 0 Å². The molecule has 0 radical (unpaired) electrons. The highest BCUT2D eigenvalue weighted by molar-refractivity contribution is 5.14. The van der Waals surface area contributed by atoms with Gasteiger partial charge in [0.2, 0.25) is 0 Å². The molecule has 0 aromatic rings. The summed E-state index contributed by atoms with van der Waals surface area (Å²) in [6.45, 7) is 12.0. The highest BCUT2D eigenvalue weighted by Crippen LogP contribution is 2.01. The lowest BCUT2D eigenvalue weighted by Crippen LogP contribution is -1.70. The molecule has 0 aliphatic heterocycles. The van der Waals surface area contributed by atoms with E-state index in [2.05, 4.69) is 26.5 Å². The Bertz CT molecular complexity index is 88.2. The van der Waals surface area contributed by atoms with Gasteiger partial charge in [-0.05, 0) is 12.8 Å². The van der Waals surface area contributed by atoms with Crippen LogP contribution in [0.4, 0.5) is 0 Å². The summed E-state index contributed by atoms with van der Waals surface area (Å²) >= 11 is 0. The van der Waals surface area contributed by atoms with Gasteiger partial charge in [0.15, 0.2) is 0 Å². The molecule has 0 aliphatic carbocycles. The van der Waals surface area contributed by atoms with Gasteiger partial charge in [-0.15, -0.1) is 0 Å². The highest BCUT2D eigenvalue weighted by atomic mass is 13.9. The third-order valence-corrected chi connectivity index (χ3v) is 1.14. The molecular formula is C10H20. The fraction of sp³-hybridized carbons (Fsp3) is 0.600. The van der Waals surface area contributed by atoms with Crippen molar-refractivity contribution in [2.24, 2.45) is 0 Å². The number of hydrogen-bond acceptors (Lipinski definition) is 0. The minimum atomic E-state index is 1.11. The third-order valence-electron chi connectivity index (χ3n) is 1.14. The predicted molar refractivity (Wildman–Crippen MR) is 50.2 cm³/mol. The first-order chi connectivity index (χ1) is 4.85. The smallest absolute Gasteiger partial charge is 0.0311 e. The SMILES string of the molecule is C=C/C(=C\CC)CC.CC. The molecule has 0 unspecified atom stereocenters. The third kappa shape index (κ3) is 7.48. The summed E-state index contributed by atoms with van der Waals surface area (Å²) in [6, 6.07) is 0. The summed E-state index contributed by atoms with van der Waals surface area (Å²) in [4.78, 5) is 0. The average molecular weight is 140 g/mol. The van der Waals surface area contributed by atoms with Crippen LogP contribution < -0.4 is 0 Å². The zero-order chi connectivity index (χ0) is 8.41. The fourth-order valence-electron chi connectivity index (χ4n) is 0.634. The number of rotatable bonds is 3. The molecule has 0 atom stereocenters. The molecular weight excluding hydrogens is 120 g/mol. The molecule has 0 fully saturated rings. The average Bonchev–Trinajstić information content (AvgIpc) is 2.04. The molecule has 0 aromatic heterocycles. The molecule has 0 spiro atoms. The van der Waals surface area contributed by atoms with E-state index in [1.54, 1.807) is 0 Å². The summed E-state index contributed by atoms with van der Waals surface area (Å²) in [5, 5.41) is 0. The van der Waals surface area contributed by atoms with Crippen LogP contribution in [0, 0.1) is 0 Å². The van der Waals surface area contributed by atoms with Crippen molar-refractivity contribution in [3.05, 3.63) is 24.3 Å². The molecule has 0 bridgehead atoms. The largest absolute Gasteiger partial charge is 0.0988 e. The zero-order valence-corrected chi connectivity index (χ0v) is 7.78. The molecule has 0 N–H and O–H groups in total. The van der Waals surface area contributed by atoms with Gasteiger partial charge < -0.3 is 0 Å². The fourth-order valence-corrected chi connectivity index (χ4v) is 0.634. The number of hydrogen-bond donors (Lipinski definition) is 0. The van der Waals surface area contributed by atoms with Gasteiger partial charge in [0.05, 0.1) is 0 Å². The van der Waals surface area contributed by atoms with E-state index in [0.717, 1.165) is 12.8 Å². The summed E-state index contributed by atoms with van der Waals surface area (Å²) in [7, 11) is 0. The molecule has 60 valence electrons. The van der Waals surface area contributed by atoms with Crippen molar-refractivity contribution >= 4 is 0 Å². The molecule has 0 nitrogen and oxygen atoms in total. The van der Waals surface area contributed by atoms with Gasteiger partial charge in [-0.3, -0.25) is 0 Å². The van der Waals surface area contributed by atoms with Crippen molar-refractivity contribution in [2.75, 3.05) is 0 Å². The summed E-state index contributed by atoms with van der Waals surface area (Å²) in [5.41, 5.74) is 1.35. The van der Waals surface area contributed by atoms with Gasteiger partial charge in [0.25, 0.3) is 0 Å². The van der Waals surface area contributed by atoms with Crippen molar-refractivity contribution < 1.29 is 0 Å². The number of allylic oxidation sites excluding steroid dienone is 3. The van der Waals surface area contributed by atoms with Crippen LogP contribution in [0.2, 0.25) is 0 Å². The highest BCUT2D eigenvalue weighted by Gasteiger charge is 1.80. The Morgan fingerprint density at radius 2 is 1.80 bits per heavy atom. The first-order valence-corrected chi connectivity index (χ1v) is 4.16. The second-order valence-electron chi connectivity index (χ2n) is 1.74. The van der Waals surface area contributed by atoms with E-state index < -0.39 is 0 Å². The van der Waals surface area contributed by atoms with Gasteiger partial charge in [-0.1, -0.05) is 52.0 Å². The van der Waals surface area contributed by atoms with Crippen LogP contribution >= 0.6 is 0 Å². The topological polar surface area (TPSA) is 0 Å². The zero-order valence-electron chi connectivity index (χ0n) is 7.78. The second kappa shape index (κ2) is 11.3. The lowest BCUT2D eigenvalue weighted by atomic mass is 10.2. The van der Waals surface area contributed by atoms with E-state index >= 15 is 0 Å². The van der Waals surface area contributed by atoms with Crippen molar-refractivity contribution in [1.29, 1.82) is 0 Å². The van der Waals surface area contributed by atoms with E-state index in [4.69, 9.17) is 0 Å². The first-order valence-electron chi connectivity index (χ1n) is 4.16. The molecule has 0 aliphatic rings. The Kier molecular flexibility index (Phi) is 13.8. The Hall–Kier alpha value is -0.520. The molecule has 0 heterocycles. The maximum atomic E-state index is 3.68. The minimum absolute atomic E-state index is 1.11. The van der Waals surface area contributed by atoms with Crippen LogP contribution in [0.25, 0.3) is 0 Å². The van der Waals surface area contributed by atoms with Crippen LogP contribution in [0.3, 0.4) is 0 Å². The van der Waals surface area contributed by atoms with E-state index in [9.17, 15) is 0 Å². The van der Waals surface area contributed by atoms with Crippen LogP contribution in [0.15, 0.2) is 24.3 Å². The Morgan fingerprint density at radius 3 is 1.90 bits per heavy atom. The Labute approximate surface area is 65.7 Å². The second-order valence-corrected chi connectivity index (χ2v) is 1.74. The molecule has 0 amide bonds. The first kappa shape index (κ1) is 12.2. The molecule has 0 heteroatoms. The van der Waals surface area contributed by atoms with E-state index in [-0.39, 0.29) is 0 Å². The monoisotopic (exact) mass is 140 g/mol. The Balaban J connectivity index is 0. The van der Waals surface area contributed by atoms with Gasteiger partial charge in [-0.2, -0.15) is 0 Å². The molecule has 0 saturated heterocycles. The minimum Gasteiger partial charge on any atom is -0.0988 e. The molecule has 0 saturated carbocycles. The van der Waals surface area contributed by atoms with Crippen LogP contribution in [0.1, 0.15) is 40.5 Å². The van der Waals surface area contributed by atoms with Gasteiger partial charge in [-0.25, -0.2) is 0 Å². The van der Waals surface area contributed by atoms with Crippen molar-refractivity contribution in [1.82, 2.24) is 0 Å². The van der Waals surface area contributed by atoms with Gasteiger partial charge >= 0.3 is 0 Å². The lowest BCUT2D eigenvalue weighted by molar-refractivity contribution is 1.10. The predicted octanol–water partition coefficient (Wildman–Crippen LogP) is 3.95. The van der Waals surface area contributed by atoms with E-state index in [1.165, 1.54) is 5.57 Å². The standard InChI is InChI=1S/C8H14.C2H6/c1-4-7-8(5-2)6-3;1-2/h5,7H,2,4,6H2,1,3H3;1-2H3/b8-7+;.